The van der Waals surface area contributed by atoms with Gasteiger partial charge in [-0.25, -0.2) is 9.97 Å². The Morgan fingerprint density at radius 3 is 2.76 bits per heavy atom. The molecule has 10 nitrogen and oxygen atoms in total. The van der Waals surface area contributed by atoms with Crippen molar-refractivity contribution in [1.82, 2.24) is 15.3 Å². The fourth-order valence-electron chi connectivity index (χ4n) is 5.92. The van der Waals surface area contributed by atoms with Gasteiger partial charge >= 0.3 is 5.97 Å². The molecule has 1 aromatic carbocycles. The molecule has 3 N–H and O–H groups in total. The SMILES string of the molecule is C=C(NCC12CCC(CC1)[C@H](C(=O)OC)CC2)c1cc(NC(=O)Cc2ccc3c(c2)NC(=O)CO3)ncn1. The Morgan fingerprint density at radius 2 is 1.97 bits per heavy atom. The average molecular weight is 520 g/mol. The van der Waals surface area contributed by atoms with Crippen molar-refractivity contribution in [2.75, 3.05) is 30.9 Å². The number of hydrogen-bond acceptors (Lipinski definition) is 8. The summed E-state index contributed by atoms with van der Waals surface area (Å²) < 4.78 is 10.4. The molecule has 1 aliphatic heterocycles. The number of aromatic nitrogens is 2. The number of carbonyl (C=O) groups is 3. The van der Waals surface area contributed by atoms with Gasteiger partial charge in [-0.3, -0.25) is 14.4 Å². The predicted molar refractivity (Wildman–Crippen MR) is 141 cm³/mol. The van der Waals surface area contributed by atoms with Crippen molar-refractivity contribution >= 4 is 35.0 Å². The molecule has 1 atom stereocenters. The predicted octanol–water partition coefficient (Wildman–Crippen LogP) is 3.31. The molecule has 2 bridgehead atoms. The zero-order valence-electron chi connectivity index (χ0n) is 21.5. The molecular formula is C28H33N5O5. The van der Waals surface area contributed by atoms with Gasteiger partial charge in [0.1, 0.15) is 17.9 Å². The van der Waals surface area contributed by atoms with Gasteiger partial charge in [0.15, 0.2) is 6.61 Å². The third-order valence-electron chi connectivity index (χ3n) is 8.11. The van der Waals surface area contributed by atoms with Crippen LogP contribution in [0.4, 0.5) is 11.5 Å². The summed E-state index contributed by atoms with van der Waals surface area (Å²) in [7, 11) is 1.48. The lowest BCUT2D eigenvalue weighted by Gasteiger charge is -2.37. The van der Waals surface area contributed by atoms with Crippen LogP contribution in [0.3, 0.4) is 0 Å². The minimum absolute atomic E-state index is 0.00834. The van der Waals surface area contributed by atoms with E-state index in [-0.39, 0.29) is 42.1 Å². The molecule has 6 rings (SSSR count). The van der Waals surface area contributed by atoms with Crippen molar-refractivity contribution in [3.63, 3.8) is 0 Å². The monoisotopic (exact) mass is 519 g/mol. The average Bonchev–Trinajstić information content (AvgIpc) is 3.22. The normalized spacial score (nSPS) is 23.8. The van der Waals surface area contributed by atoms with Crippen LogP contribution >= 0.6 is 0 Å². The minimum Gasteiger partial charge on any atom is -0.482 e. The smallest absolute Gasteiger partial charge is 0.308 e. The number of carbonyl (C=O) groups excluding carboxylic acids is 3. The maximum Gasteiger partial charge on any atom is 0.308 e. The molecule has 3 aliphatic carbocycles. The van der Waals surface area contributed by atoms with Crippen LogP contribution in [0.2, 0.25) is 0 Å². The third kappa shape index (κ3) is 5.64. The number of methoxy groups -OCH3 is 1. The van der Waals surface area contributed by atoms with Crippen molar-refractivity contribution in [2.24, 2.45) is 17.3 Å². The fourth-order valence-corrected chi connectivity index (χ4v) is 5.92. The largest absolute Gasteiger partial charge is 0.482 e. The summed E-state index contributed by atoms with van der Waals surface area (Å²) in [5.41, 5.74) is 2.69. The number of nitrogens with zero attached hydrogens (tertiary/aromatic N) is 2. The van der Waals surface area contributed by atoms with Crippen LogP contribution in [0.15, 0.2) is 37.2 Å². The maximum absolute atomic E-state index is 12.7. The molecule has 38 heavy (non-hydrogen) atoms. The lowest BCUT2D eigenvalue weighted by molar-refractivity contribution is -0.147. The maximum atomic E-state index is 12.7. The van der Waals surface area contributed by atoms with Gasteiger partial charge in [-0.05, 0) is 67.6 Å². The Kier molecular flexibility index (Phi) is 7.31. The summed E-state index contributed by atoms with van der Waals surface area (Å²) >= 11 is 0. The van der Waals surface area contributed by atoms with E-state index in [2.05, 4.69) is 32.5 Å². The Hall–Kier alpha value is -3.95. The molecule has 0 spiro atoms. The summed E-state index contributed by atoms with van der Waals surface area (Å²) in [6, 6.07) is 6.96. The summed E-state index contributed by atoms with van der Waals surface area (Å²) in [6.45, 7) is 4.92. The van der Waals surface area contributed by atoms with Crippen LogP contribution in [-0.4, -0.2) is 48.0 Å². The second-order valence-electron chi connectivity index (χ2n) is 10.5. The molecule has 3 saturated carbocycles. The standard InChI is InChI=1S/C28H33N5O5/c1-17(29-15-28-8-5-19(6-9-28)20(7-10-28)27(36)37-2)21-13-24(31-16-30-21)33-25(34)12-18-3-4-23-22(11-18)32-26(35)14-38-23/h3-4,11,13,16,19-20,29H,1,5-10,12,14-15H2,2H3,(H,32,35)(H,30,31,33,34)/t19?,20-,28?/m1/s1. The summed E-state index contributed by atoms with van der Waals surface area (Å²) in [6.07, 6.45) is 7.59. The zero-order chi connectivity index (χ0) is 26.7. The van der Waals surface area contributed by atoms with Crippen LogP contribution < -0.4 is 20.7 Å². The van der Waals surface area contributed by atoms with Gasteiger partial charge in [-0.2, -0.15) is 0 Å². The van der Waals surface area contributed by atoms with Crippen molar-refractivity contribution in [1.29, 1.82) is 0 Å². The van der Waals surface area contributed by atoms with Gasteiger partial charge in [0.2, 0.25) is 5.91 Å². The first-order chi connectivity index (χ1) is 18.3. The van der Waals surface area contributed by atoms with Gasteiger partial charge in [0, 0.05) is 12.6 Å². The van der Waals surface area contributed by atoms with Gasteiger partial charge in [0.05, 0.1) is 36.5 Å². The molecule has 0 saturated heterocycles. The number of esters is 1. The highest BCUT2D eigenvalue weighted by atomic mass is 16.5. The number of nitrogens with one attached hydrogen (secondary N) is 3. The topological polar surface area (TPSA) is 132 Å². The first-order valence-electron chi connectivity index (χ1n) is 13.0. The minimum atomic E-state index is -0.245. The van der Waals surface area contributed by atoms with Crippen LogP contribution in [0, 0.1) is 17.3 Å². The highest BCUT2D eigenvalue weighted by Crippen LogP contribution is 2.50. The number of hydrogen-bond donors (Lipinski definition) is 3. The van der Waals surface area contributed by atoms with Gasteiger partial charge in [0.25, 0.3) is 5.91 Å². The number of amides is 2. The van der Waals surface area contributed by atoms with E-state index in [0.717, 1.165) is 50.6 Å². The number of ether oxygens (including phenoxy) is 2. The Balaban J connectivity index is 1.16. The van der Waals surface area contributed by atoms with Gasteiger partial charge < -0.3 is 25.4 Å². The first kappa shape index (κ1) is 25.7. The number of rotatable bonds is 8. The van der Waals surface area contributed by atoms with Crippen molar-refractivity contribution < 1.29 is 23.9 Å². The third-order valence-corrected chi connectivity index (χ3v) is 8.11. The second kappa shape index (κ2) is 10.8. The summed E-state index contributed by atoms with van der Waals surface area (Å²) in [5.74, 6) is 0.847. The molecule has 1 aromatic heterocycles. The van der Waals surface area contributed by atoms with E-state index in [1.54, 1.807) is 24.3 Å². The summed E-state index contributed by atoms with van der Waals surface area (Å²) in [4.78, 5) is 45.0. The molecule has 2 amide bonds. The molecule has 2 aromatic rings. The van der Waals surface area contributed by atoms with Crippen LogP contribution in [0.1, 0.15) is 49.8 Å². The highest BCUT2D eigenvalue weighted by molar-refractivity contribution is 5.96. The number of anilines is 2. The molecular weight excluding hydrogens is 486 g/mol. The van der Waals surface area contributed by atoms with Crippen molar-refractivity contribution in [3.05, 3.63) is 48.4 Å². The van der Waals surface area contributed by atoms with Crippen LogP contribution in [0.5, 0.6) is 5.75 Å². The van der Waals surface area contributed by atoms with Crippen molar-refractivity contribution in [2.45, 2.75) is 44.9 Å². The summed E-state index contributed by atoms with van der Waals surface area (Å²) in [5, 5.41) is 9.02. The van der Waals surface area contributed by atoms with E-state index >= 15 is 0 Å². The molecule has 200 valence electrons. The molecule has 0 radical (unpaired) electrons. The van der Waals surface area contributed by atoms with E-state index in [9.17, 15) is 14.4 Å². The quantitative estimate of drug-likeness (QED) is 0.453. The van der Waals surface area contributed by atoms with Gasteiger partial charge in [-0.15, -0.1) is 0 Å². The van der Waals surface area contributed by atoms with E-state index in [1.165, 1.54) is 13.4 Å². The Morgan fingerprint density at radius 1 is 1.18 bits per heavy atom. The zero-order valence-corrected chi connectivity index (χ0v) is 21.5. The van der Waals surface area contributed by atoms with E-state index in [1.807, 2.05) is 0 Å². The lowest BCUT2D eigenvalue weighted by Crippen LogP contribution is -2.35. The molecule has 3 fully saturated rings. The lowest BCUT2D eigenvalue weighted by atomic mass is 9.71. The number of benzene rings is 1. The molecule has 0 unspecified atom stereocenters. The van der Waals surface area contributed by atoms with Crippen molar-refractivity contribution in [3.8, 4) is 5.75 Å². The Labute approximate surface area is 221 Å². The molecule has 10 heteroatoms. The van der Waals surface area contributed by atoms with Crippen LogP contribution in [0.25, 0.3) is 5.70 Å². The Bertz CT molecular complexity index is 1250. The fraction of sp³-hybridized carbons (Fsp3) is 0.464. The highest BCUT2D eigenvalue weighted by Gasteiger charge is 2.44. The second-order valence-corrected chi connectivity index (χ2v) is 10.5. The number of fused-ring (bicyclic) bond motifs is 5. The molecule has 4 aliphatic rings. The molecule has 2 heterocycles. The van der Waals surface area contributed by atoms with Gasteiger partial charge in [-0.1, -0.05) is 12.6 Å². The van der Waals surface area contributed by atoms with Crippen LogP contribution in [-0.2, 0) is 25.5 Å². The van der Waals surface area contributed by atoms with E-state index in [4.69, 9.17) is 9.47 Å². The van der Waals surface area contributed by atoms with E-state index in [0.29, 0.717) is 34.6 Å². The first-order valence-corrected chi connectivity index (χ1v) is 13.0. The van der Waals surface area contributed by atoms with E-state index < -0.39 is 0 Å².